The average molecular weight is 319 g/mol. The van der Waals surface area contributed by atoms with Crippen molar-refractivity contribution in [2.45, 2.75) is 12.5 Å². The molecule has 1 N–H and O–H groups in total. The second-order valence-electron chi connectivity index (χ2n) is 5.73. The van der Waals surface area contributed by atoms with Crippen LogP contribution in [-0.4, -0.2) is 12.5 Å². The molecule has 1 aliphatic heterocycles. The van der Waals surface area contributed by atoms with Crippen LogP contribution < -0.4 is 10.1 Å². The molecule has 2 aromatic carbocycles. The second-order valence-corrected chi connectivity index (χ2v) is 5.73. The molecule has 0 saturated carbocycles. The van der Waals surface area contributed by atoms with Gasteiger partial charge in [0.2, 0.25) is 0 Å². The summed E-state index contributed by atoms with van der Waals surface area (Å²) in [6.07, 6.45) is 2.29. The van der Waals surface area contributed by atoms with Crippen molar-refractivity contribution in [3.8, 4) is 16.9 Å². The number of carbonyl (C=O) groups excluding carboxylic acids is 1. The smallest absolute Gasteiger partial charge is 0.288 e. The summed E-state index contributed by atoms with van der Waals surface area (Å²) in [5.74, 6) is 0.961. The molecule has 2 heterocycles. The summed E-state index contributed by atoms with van der Waals surface area (Å²) in [4.78, 5) is 12.7. The summed E-state index contributed by atoms with van der Waals surface area (Å²) in [5.41, 5.74) is 2.77. The number of carbonyl (C=O) groups is 1. The Morgan fingerprint density at radius 3 is 2.67 bits per heavy atom. The van der Waals surface area contributed by atoms with Gasteiger partial charge in [0, 0.05) is 17.5 Å². The van der Waals surface area contributed by atoms with E-state index in [0.717, 1.165) is 28.9 Å². The molecule has 1 aliphatic rings. The van der Waals surface area contributed by atoms with Crippen molar-refractivity contribution in [3.05, 3.63) is 78.3 Å². The minimum atomic E-state index is -0.208. The molecule has 1 atom stereocenters. The molecule has 0 spiro atoms. The molecular formula is C20H17NO3. The van der Waals surface area contributed by atoms with Gasteiger partial charge < -0.3 is 14.5 Å². The van der Waals surface area contributed by atoms with Gasteiger partial charge in [-0.15, -0.1) is 0 Å². The minimum Gasteiger partial charge on any atom is -0.493 e. The van der Waals surface area contributed by atoms with Crippen LogP contribution in [-0.2, 0) is 0 Å². The number of amides is 1. The van der Waals surface area contributed by atoms with Gasteiger partial charge in [-0.05, 0) is 17.7 Å². The van der Waals surface area contributed by atoms with E-state index in [2.05, 4.69) is 5.32 Å². The topological polar surface area (TPSA) is 51.5 Å². The van der Waals surface area contributed by atoms with Gasteiger partial charge in [0.1, 0.15) is 5.75 Å². The molecule has 24 heavy (non-hydrogen) atoms. The van der Waals surface area contributed by atoms with Crippen molar-refractivity contribution in [1.29, 1.82) is 0 Å². The Morgan fingerprint density at radius 2 is 1.79 bits per heavy atom. The lowest BCUT2D eigenvalue weighted by Crippen LogP contribution is -2.32. The lowest BCUT2D eigenvalue weighted by Gasteiger charge is -2.26. The molecule has 1 aromatic heterocycles. The first-order valence-corrected chi connectivity index (χ1v) is 7.98. The van der Waals surface area contributed by atoms with E-state index in [-0.39, 0.29) is 11.9 Å². The molecule has 0 aliphatic carbocycles. The molecule has 1 amide bonds. The number of ether oxygens (including phenoxy) is 1. The van der Waals surface area contributed by atoms with Gasteiger partial charge in [-0.1, -0.05) is 48.5 Å². The molecule has 0 bridgehead atoms. The normalized spacial score (nSPS) is 16.1. The number of fused-ring (bicyclic) bond motifs is 1. The molecule has 4 nitrogen and oxygen atoms in total. The van der Waals surface area contributed by atoms with E-state index in [9.17, 15) is 4.79 Å². The maximum atomic E-state index is 12.7. The Hall–Kier alpha value is -3.01. The van der Waals surface area contributed by atoms with Crippen LogP contribution >= 0.6 is 0 Å². The van der Waals surface area contributed by atoms with E-state index in [1.54, 1.807) is 6.26 Å². The van der Waals surface area contributed by atoms with Gasteiger partial charge in [0.15, 0.2) is 5.76 Å². The van der Waals surface area contributed by atoms with Crippen LogP contribution in [0, 0.1) is 0 Å². The van der Waals surface area contributed by atoms with Crippen LogP contribution in [0.25, 0.3) is 11.1 Å². The molecule has 0 fully saturated rings. The predicted octanol–water partition coefficient (Wildman–Crippen LogP) is 4.20. The molecule has 0 saturated heterocycles. The SMILES string of the molecule is O=C(N[C@H]1CCOc2ccccc21)c1occc1-c1ccccc1. The standard InChI is InChI=1S/C20H17NO3/c22-20(19-15(10-12-24-19)14-6-2-1-3-7-14)21-17-11-13-23-18-9-5-4-8-16(17)18/h1-10,12,17H,11,13H2,(H,21,22)/t17-/m0/s1. The third-order valence-electron chi connectivity index (χ3n) is 4.22. The van der Waals surface area contributed by atoms with E-state index >= 15 is 0 Å². The molecule has 0 radical (unpaired) electrons. The van der Waals surface area contributed by atoms with E-state index in [1.165, 1.54) is 0 Å². The third-order valence-corrected chi connectivity index (χ3v) is 4.22. The van der Waals surface area contributed by atoms with E-state index in [0.29, 0.717) is 12.4 Å². The Morgan fingerprint density at radius 1 is 1.00 bits per heavy atom. The average Bonchev–Trinajstić information content (AvgIpc) is 3.13. The van der Waals surface area contributed by atoms with Gasteiger partial charge in [-0.3, -0.25) is 4.79 Å². The Labute approximate surface area is 140 Å². The summed E-state index contributed by atoms with van der Waals surface area (Å²) in [6.45, 7) is 0.589. The highest BCUT2D eigenvalue weighted by Crippen LogP contribution is 2.32. The number of hydrogen-bond acceptors (Lipinski definition) is 3. The van der Waals surface area contributed by atoms with Gasteiger partial charge >= 0.3 is 0 Å². The van der Waals surface area contributed by atoms with Gasteiger partial charge in [0.25, 0.3) is 5.91 Å². The summed E-state index contributed by atoms with van der Waals surface area (Å²) in [7, 11) is 0. The van der Waals surface area contributed by atoms with Crippen LogP contribution in [0.5, 0.6) is 5.75 Å². The van der Waals surface area contributed by atoms with Crippen LogP contribution in [0.3, 0.4) is 0 Å². The van der Waals surface area contributed by atoms with Gasteiger partial charge in [0.05, 0.1) is 18.9 Å². The fourth-order valence-corrected chi connectivity index (χ4v) is 3.05. The van der Waals surface area contributed by atoms with Crippen molar-refractivity contribution >= 4 is 5.91 Å². The summed E-state index contributed by atoms with van der Waals surface area (Å²) >= 11 is 0. The molecule has 4 heteroatoms. The van der Waals surface area contributed by atoms with Crippen LogP contribution in [0.4, 0.5) is 0 Å². The monoisotopic (exact) mass is 319 g/mol. The van der Waals surface area contributed by atoms with E-state index < -0.39 is 0 Å². The van der Waals surface area contributed by atoms with Crippen molar-refractivity contribution in [2.75, 3.05) is 6.61 Å². The third kappa shape index (κ3) is 2.67. The first-order valence-electron chi connectivity index (χ1n) is 7.98. The first-order chi connectivity index (χ1) is 11.8. The van der Waals surface area contributed by atoms with Crippen molar-refractivity contribution in [2.24, 2.45) is 0 Å². The number of furan rings is 1. The molecule has 0 unspecified atom stereocenters. The predicted molar refractivity (Wildman–Crippen MR) is 90.9 cm³/mol. The summed E-state index contributed by atoms with van der Waals surface area (Å²) in [5, 5.41) is 3.07. The maximum Gasteiger partial charge on any atom is 0.288 e. The highest BCUT2D eigenvalue weighted by atomic mass is 16.5. The maximum absolute atomic E-state index is 12.7. The number of nitrogens with one attached hydrogen (secondary N) is 1. The quantitative estimate of drug-likeness (QED) is 0.787. The van der Waals surface area contributed by atoms with Crippen molar-refractivity contribution in [3.63, 3.8) is 0 Å². The molecule has 120 valence electrons. The Balaban J connectivity index is 1.60. The first kappa shape index (κ1) is 14.6. The fourth-order valence-electron chi connectivity index (χ4n) is 3.05. The van der Waals surface area contributed by atoms with E-state index in [4.69, 9.17) is 9.15 Å². The zero-order chi connectivity index (χ0) is 16.4. The lowest BCUT2D eigenvalue weighted by molar-refractivity contribution is 0.0897. The Kier molecular flexibility index (Phi) is 3.79. The van der Waals surface area contributed by atoms with Crippen molar-refractivity contribution in [1.82, 2.24) is 5.32 Å². The van der Waals surface area contributed by atoms with Gasteiger partial charge in [-0.25, -0.2) is 0 Å². The summed E-state index contributed by atoms with van der Waals surface area (Å²) in [6, 6.07) is 19.3. The van der Waals surface area contributed by atoms with E-state index in [1.807, 2.05) is 60.7 Å². The highest BCUT2D eigenvalue weighted by Gasteiger charge is 2.25. The Bertz CT molecular complexity index is 854. The van der Waals surface area contributed by atoms with Crippen LogP contribution in [0.1, 0.15) is 28.6 Å². The van der Waals surface area contributed by atoms with Crippen molar-refractivity contribution < 1.29 is 13.9 Å². The largest absolute Gasteiger partial charge is 0.493 e. The highest BCUT2D eigenvalue weighted by molar-refractivity contribution is 5.98. The molecule has 3 aromatic rings. The lowest BCUT2D eigenvalue weighted by atomic mass is 10.00. The van der Waals surface area contributed by atoms with Crippen LogP contribution in [0.15, 0.2) is 71.3 Å². The number of rotatable bonds is 3. The fraction of sp³-hybridized carbons (Fsp3) is 0.150. The summed E-state index contributed by atoms with van der Waals surface area (Å²) < 4.78 is 11.1. The zero-order valence-electron chi connectivity index (χ0n) is 13.1. The zero-order valence-corrected chi connectivity index (χ0v) is 13.1. The molecular weight excluding hydrogens is 302 g/mol. The van der Waals surface area contributed by atoms with Crippen LogP contribution in [0.2, 0.25) is 0 Å². The minimum absolute atomic E-state index is 0.0730. The number of benzene rings is 2. The molecule has 4 rings (SSSR count). The number of para-hydroxylation sites is 1. The van der Waals surface area contributed by atoms with Gasteiger partial charge in [-0.2, -0.15) is 0 Å². The second kappa shape index (κ2) is 6.24. The number of hydrogen-bond donors (Lipinski definition) is 1.